The number of nitrogens with two attached hydrogens (primary N) is 1. The van der Waals surface area contributed by atoms with Crippen LogP contribution in [0.1, 0.15) is 17.7 Å². The van der Waals surface area contributed by atoms with E-state index < -0.39 is 0 Å². The van der Waals surface area contributed by atoms with Crippen LogP contribution in [0, 0.1) is 0 Å². The predicted octanol–water partition coefficient (Wildman–Crippen LogP) is 2.23. The zero-order chi connectivity index (χ0) is 9.52. The van der Waals surface area contributed by atoms with Gasteiger partial charge in [-0.3, -0.25) is 0 Å². The van der Waals surface area contributed by atoms with Crippen molar-refractivity contribution in [1.82, 2.24) is 5.32 Å². The van der Waals surface area contributed by atoms with Crippen molar-refractivity contribution in [3.05, 3.63) is 21.3 Å². The Morgan fingerprint density at radius 3 is 2.92 bits per heavy atom. The van der Waals surface area contributed by atoms with Crippen LogP contribution in [0.2, 0.25) is 5.02 Å². The minimum Gasteiger partial charge on any atom is -0.330 e. The Morgan fingerprint density at radius 2 is 2.31 bits per heavy atom. The lowest BCUT2D eigenvalue weighted by Crippen LogP contribution is -2.15. The second-order valence-electron chi connectivity index (χ2n) is 2.90. The van der Waals surface area contributed by atoms with Crippen molar-refractivity contribution in [2.45, 2.75) is 19.4 Å². The first-order valence-electron chi connectivity index (χ1n) is 4.46. The van der Waals surface area contributed by atoms with Crippen molar-refractivity contribution in [3.8, 4) is 0 Å². The fourth-order valence-corrected chi connectivity index (χ4v) is 2.09. The molecule has 1 rings (SSSR count). The van der Waals surface area contributed by atoms with Gasteiger partial charge in [0.2, 0.25) is 0 Å². The lowest BCUT2D eigenvalue weighted by Gasteiger charge is -2.01. The van der Waals surface area contributed by atoms with E-state index in [2.05, 4.69) is 5.32 Å². The van der Waals surface area contributed by atoms with Crippen molar-refractivity contribution in [3.63, 3.8) is 0 Å². The van der Waals surface area contributed by atoms with Crippen LogP contribution in [-0.2, 0) is 6.54 Å². The quantitative estimate of drug-likeness (QED) is 0.719. The normalized spacial score (nSPS) is 10.6. The molecular formula is C9H15ClN2S. The van der Waals surface area contributed by atoms with E-state index in [0.717, 1.165) is 37.5 Å². The molecule has 3 N–H and O–H groups in total. The molecule has 0 amide bonds. The van der Waals surface area contributed by atoms with Gasteiger partial charge in [-0.2, -0.15) is 0 Å². The number of thiophene rings is 1. The molecule has 4 heteroatoms. The first-order chi connectivity index (χ1) is 6.33. The molecule has 0 saturated heterocycles. The lowest BCUT2D eigenvalue weighted by molar-refractivity contribution is 0.631. The number of nitrogens with one attached hydrogen (secondary N) is 1. The average Bonchev–Trinajstić information content (AvgIpc) is 2.51. The molecule has 0 fully saturated rings. The molecule has 1 aromatic heterocycles. The average molecular weight is 219 g/mol. The van der Waals surface area contributed by atoms with Crippen LogP contribution < -0.4 is 11.1 Å². The summed E-state index contributed by atoms with van der Waals surface area (Å²) in [5.74, 6) is 0. The summed E-state index contributed by atoms with van der Waals surface area (Å²) >= 11 is 7.48. The predicted molar refractivity (Wildman–Crippen MR) is 59.3 cm³/mol. The lowest BCUT2D eigenvalue weighted by atomic mass is 10.3. The molecule has 0 radical (unpaired) electrons. The molecule has 0 aromatic carbocycles. The minimum absolute atomic E-state index is 0.784. The van der Waals surface area contributed by atoms with Crippen LogP contribution >= 0.6 is 22.9 Å². The van der Waals surface area contributed by atoms with E-state index in [1.807, 2.05) is 11.4 Å². The molecule has 2 nitrogen and oxygen atoms in total. The molecule has 0 bridgehead atoms. The third-order valence-corrected chi connectivity index (χ3v) is 3.01. The van der Waals surface area contributed by atoms with Gasteiger partial charge >= 0.3 is 0 Å². The van der Waals surface area contributed by atoms with Crippen LogP contribution in [0.3, 0.4) is 0 Å². The second-order valence-corrected chi connectivity index (χ2v) is 4.34. The third kappa shape index (κ3) is 4.62. The second kappa shape index (κ2) is 6.38. The number of hydrogen-bond acceptors (Lipinski definition) is 3. The summed E-state index contributed by atoms with van der Waals surface area (Å²) in [5, 5.41) is 6.14. The molecule has 0 aliphatic heterocycles. The summed E-state index contributed by atoms with van der Waals surface area (Å²) < 4.78 is 0. The Morgan fingerprint density at radius 1 is 1.46 bits per heavy atom. The number of unbranched alkanes of at least 4 members (excludes halogenated alkanes) is 1. The SMILES string of the molecule is NCCCCNCc1cc(Cl)cs1. The highest BCUT2D eigenvalue weighted by Gasteiger charge is 1.96. The highest BCUT2D eigenvalue weighted by molar-refractivity contribution is 7.10. The molecule has 0 unspecified atom stereocenters. The van der Waals surface area contributed by atoms with Crippen molar-refractivity contribution >= 4 is 22.9 Å². The number of rotatable bonds is 6. The molecule has 1 aromatic rings. The van der Waals surface area contributed by atoms with E-state index in [1.54, 1.807) is 11.3 Å². The Hall–Kier alpha value is -0.0900. The zero-order valence-corrected chi connectivity index (χ0v) is 9.13. The molecule has 0 aliphatic rings. The van der Waals surface area contributed by atoms with Crippen LogP contribution in [0.4, 0.5) is 0 Å². The Kier molecular flexibility index (Phi) is 5.39. The van der Waals surface area contributed by atoms with Crippen molar-refractivity contribution in [1.29, 1.82) is 0 Å². The fraction of sp³-hybridized carbons (Fsp3) is 0.556. The largest absolute Gasteiger partial charge is 0.330 e. The van der Waals surface area contributed by atoms with Gasteiger partial charge in [0.25, 0.3) is 0 Å². The number of halogens is 1. The maximum Gasteiger partial charge on any atom is 0.0516 e. The van der Waals surface area contributed by atoms with Gasteiger partial charge in [-0.1, -0.05) is 11.6 Å². The summed E-state index contributed by atoms with van der Waals surface area (Å²) in [6.07, 6.45) is 2.24. The highest BCUT2D eigenvalue weighted by atomic mass is 35.5. The van der Waals surface area contributed by atoms with Gasteiger partial charge in [0.1, 0.15) is 0 Å². The molecule has 74 valence electrons. The van der Waals surface area contributed by atoms with Crippen molar-refractivity contribution in [2.75, 3.05) is 13.1 Å². The topological polar surface area (TPSA) is 38.0 Å². The van der Waals surface area contributed by atoms with Gasteiger partial charge in [-0.05, 0) is 32.0 Å². The summed E-state index contributed by atoms with van der Waals surface area (Å²) in [5.41, 5.74) is 5.38. The van der Waals surface area contributed by atoms with E-state index in [4.69, 9.17) is 17.3 Å². The standard InChI is InChI=1S/C9H15ClN2S/c10-8-5-9(13-7-8)6-12-4-2-1-3-11/h5,7,12H,1-4,6,11H2. The van der Waals surface area contributed by atoms with E-state index in [-0.39, 0.29) is 0 Å². The summed E-state index contributed by atoms with van der Waals surface area (Å²) in [4.78, 5) is 1.29. The molecule has 0 spiro atoms. The molecule has 0 aliphatic carbocycles. The van der Waals surface area contributed by atoms with Gasteiger partial charge < -0.3 is 11.1 Å². The van der Waals surface area contributed by atoms with E-state index in [0.29, 0.717) is 0 Å². The molecule has 0 atom stereocenters. The van der Waals surface area contributed by atoms with Crippen molar-refractivity contribution in [2.24, 2.45) is 5.73 Å². The molecule has 13 heavy (non-hydrogen) atoms. The van der Waals surface area contributed by atoms with Gasteiger partial charge in [0, 0.05) is 16.8 Å². The van der Waals surface area contributed by atoms with Crippen LogP contribution in [0.15, 0.2) is 11.4 Å². The number of hydrogen-bond donors (Lipinski definition) is 2. The monoisotopic (exact) mass is 218 g/mol. The fourth-order valence-electron chi connectivity index (χ4n) is 1.05. The first-order valence-corrected chi connectivity index (χ1v) is 5.72. The maximum atomic E-state index is 5.79. The van der Waals surface area contributed by atoms with E-state index >= 15 is 0 Å². The van der Waals surface area contributed by atoms with Crippen LogP contribution in [0.5, 0.6) is 0 Å². The zero-order valence-electron chi connectivity index (χ0n) is 7.55. The van der Waals surface area contributed by atoms with Gasteiger partial charge in [-0.15, -0.1) is 11.3 Å². The summed E-state index contributed by atoms with van der Waals surface area (Å²) in [6.45, 7) is 2.74. The smallest absolute Gasteiger partial charge is 0.0516 e. The first kappa shape index (κ1) is 11.0. The Balaban J connectivity index is 2.06. The Bertz CT molecular complexity index is 237. The minimum atomic E-state index is 0.784. The van der Waals surface area contributed by atoms with E-state index in [9.17, 15) is 0 Å². The molecule has 0 saturated carbocycles. The molecule has 1 heterocycles. The van der Waals surface area contributed by atoms with Gasteiger partial charge in [-0.25, -0.2) is 0 Å². The maximum absolute atomic E-state index is 5.79. The van der Waals surface area contributed by atoms with Gasteiger partial charge in [0.05, 0.1) is 5.02 Å². The molecular weight excluding hydrogens is 204 g/mol. The summed E-state index contributed by atoms with van der Waals surface area (Å²) in [6, 6.07) is 2.00. The van der Waals surface area contributed by atoms with Crippen LogP contribution in [0.25, 0.3) is 0 Å². The van der Waals surface area contributed by atoms with Crippen molar-refractivity contribution < 1.29 is 0 Å². The highest BCUT2D eigenvalue weighted by Crippen LogP contribution is 2.18. The third-order valence-electron chi connectivity index (χ3n) is 1.73. The van der Waals surface area contributed by atoms with Gasteiger partial charge in [0.15, 0.2) is 0 Å². The summed E-state index contributed by atoms with van der Waals surface area (Å²) in [7, 11) is 0. The van der Waals surface area contributed by atoms with Crippen LogP contribution in [-0.4, -0.2) is 13.1 Å². The Labute approximate surface area is 88.1 Å². The van der Waals surface area contributed by atoms with E-state index in [1.165, 1.54) is 4.88 Å².